The molecular formula is C23H22N4O4S. The highest BCUT2D eigenvalue weighted by molar-refractivity contribution is 8.14. The van der Waals surface area contributed by atoms with Crippen LogP contribution in [0.1, 0.15) is 36.9 Å². The summed E-state index contributed by atoms with van der Waals surface area (Å²) in [7, 11) is 1.49. The van der Waals surface area contributed by atoms with Gasteiger partial charge in [0.1, 0.15) is 29.4 Å². The number of thioether (sulfide) groups is 1. The molecule has 0 aliphatic carbocycles. The molecule has 2 aliphatic rings. The first kappa shape index (κ1) is 20.6. The molecule has 9 heteroatoms. The number of aromatic nitrogens is 1. The maximum absolute atomic E-state index is 11.1. The Labute approximate surface area is 189 Å². The largest absolute Gasteiger partial charge is 0.496 e. The van der Waals surface area contributed by atoms with E-state index in [1.165, 1.54) is 19.2 Å². The van der Waals surface area contributed by atoms with Gasteiger partial charge in [0.05, 0.1) is 29.4 Å². The number of ether oxygens (including phenoxy) is 1. The molecule has 5 rings (SSSR count). The van der Waals surface area contributed by atoms with Crippen LogP contribution >= 0.6 is 11.8 Å². The molecule has 3 atom stereocenters. The van der Waals surface area contributed by atoms with Gasteiger partial charge >= 0.3 is 0 Å². The average molecular weight is 451 g/mol. The van der Waals surface area contributed by atoms with Crippen LogP contribution in [-0.4, -0.2) is 38.9 Å². The zero-order chi connectivity index (χ0) is 22.2. The van der Waals surface area contributed by atoms with Crippen LogP contribution in [0.25, 0.3) is 11.3 Å². The van der Waals surface area contributed by atoms with Crippen molar-refractivity contribution in [1.29, 1.82) is 0 Å². The Morgan fingerprint density at radius 3 is 2.88 bits per heavy atom. The van der Waals surface area contributed by atoms with Crippen molar-refractivity contribution < 1.29 is 14.1 Å². The van der Waals surface area contributed by atoms with Crippen molar-refractivity contribution in [3.8, 4) is 17.1 Å². The van der Waals surface area contributed by atoms with E-state index >= 15 is 0 Å². The molecule has 2 aliphatic heterocycles. The summed E-state index contributed by atoms with van der Waals surface area (Å²) in [5.74, 6) is 2.79. The van der Waals surface area contributed by atoms with Gasteiger partial charge in [-0.05, 0) is 36.8 Å². The minimum Gasteiger partial charge on any atom is -0.496 e. The van der Waals surface area contributed by atoms with Gasteiger partial charge in [0, 0.05) is 24.1 Å². The molecule has 32 heavy (non-hydrogen) atoms. The van der Waals surface area contributed by atoms with Gasteiger partial charge in [0.25, 0.3) is 5.69 Å². The van der Waals surface area contributed by atoms with E-state index in [1.54, 1.807) is 24.0 Å². The minimum absolute atomic E-state index is 0.0266. The van der Waals surface area contributed by atoms with Gasteiger partial charge in [-0.25, -0.2) is 4.99 Å². The number of non-ortho nitro benzene ring substituents is 1. The summed E-state index contributed by atoms with van der Waals surface area (Å²) >= 11 is 1.78. The quantitative estimate of drug-likeness (QED) is 0.374. The highest BCUT2D eigenvalue weighted by atomic mass is 32.2. The van der Waals surface area contributed by atoms with Crippen molar-refractivity contribution >= 4 is 22.6 Å². The first-order valence-corrected chi connectivity index (χ1v) is 11.4. The molecule has 0 saturated carbocycles. The lowest BCUT2D eigenvalue weighted by Crippen LogP contribution is -2.35. The maximum atomic E-state index is 11.1. The Kier molecular flexibility index (Phi) is 5.34. The van der Waals surface area contributed by atoms with Crippen LogP contribution in [-0.2, 0) is 0 Å². The van der Waals surface area contributed by atoms with Gasteiger partial charge in [-0.1, -0.05) is 24.8 Å². The van der Waals surface area contributed by atoms with Crippen molar-refractivity contribution in [2.24, 2.45) is 4.99 Å². The van der Waals surface area contributed by atoms with Gasteiger partial charge in [-0.2, -0.15) is 0 Å². The number of nitrogens with zero attached hydrogens (tertiary/aromatic N) is 4. The Morgan fingerprint density at radius 2 is 2.16 bits per heavy atom. The first-order valence-electron chi connectivity index (χ1n) is 10.4. The number of rotatable bonds is 6. The van der Waals surface area contributed by atoms with E-state index in [0.29, 0.717) is 23.1 Å². The fraction of sp³-hybridized carbons (Fsp3) is 0.304. The molecule has 0 bridgehead atoms. The lowest BCUT2D eigenvalue weighted by molar-refractivity contribution is -0.384. The number of furan rings is 1. The molecular weight excluding hydrogens is 428 g/mol. The van der Waals surface area contributed by atoms with E-state index in [0.717, 1.165) is 28.8 Å². The smallest absolute Gasteiger partial charge is 0.273 e. The number of hydrogen-bond acceptors (Lipinski definition) is 8. The van der Waals surface area contributed by atoms with Crippen LogP contribution in [0.5, 0.6) is 5.75 Å². The van der Waals surface area contributed by atoms with E-state index in [2.05, 4.69) is 16.8 Å². The summed E-state index contributed by atoms with van der Waals surface area (Å²) in [6.45, 7) is 2.19. The Morgan fingerprint density at radius 1 is 1.28 bits per heavy atom. The third-order valence-corrected chi connectivity index (χ3v) is 7.03. The Balaban J connectivity index is 1.55. The molecule has 164 valence electrons. The number of aliphatic imine (C=N–C) groups is 1. The number of nitro groups is 1. The second-order valence-corrected chi connectivity index (χ2v) is 8.67. The normalized spacial score (nSPS) is 22.0. The van der Waals surface area contributed by atoms with Crippen LogP contribution in [0.15, 0.2) is 64.1 Å². The highest BCUT2D eigenvalue weighted by Crippen LogP contribution is 2.49. The number of amidine groups is 1. The number of pyridine rings is 1. The highest BCUT2D eigenvalue weighted by Gasteiger charge is 2.47. The number of nitro benzene ring substituents is 1. The third kappa shape index (κ3) is 3.42. The second-order valence-electron chi connectivity index (χ2n) is 7.68. The number of fused-ring (bicyclic) bond motifs is 1. The van der Waals surface area contributed by atoms with Gasteiger partial charge in [0.2, 0.25) is 0 Å². The molecule has 3 aromatic rings. The summed E-state index contributed by atoms with van der Waals surface area (Å²) in [5.41, 5.74) is 1.54. The van der Waals surface area contributed by atoms with Gasteiger partial charge in [-0.3, -0.25) is 15.1 Å². The summed E-state index contributed by atoms with van der Waals surface area (Å²) in [5, 5.41) is 12.2. The van der Waals surface area contributed by atoms with Gasteiger partial charge < -0.3 is 14.1 Å². The second kappa shape index (κ2) is 8.31. The summed E-state index contributed by atoms with van der Waals surface area (Å²) in [6, 6.07) is 14.4. The van der Waals surface area contributed by atoms with Crippen LogP contribution in [0, 0.1) is 10.1 Å². The summed E-state index contributed by atoms with van der Waals surface area (Å²) in [6.07, 6.45) is 2.80. The van der Waals surface area contributed by atoms with Crippen molar-refractivity contribution in [1.82, 2.24) is 9.88 Å². The van der Waals surface area contributed by atoms with E-state index in [1.807, 2.05) is 30.3 Å². The monoisotopic (exact) mass is 450 g/mol. The van der Waals surface area contributed by atoms with Crippen molar-refractivity contribution in [3.63, 3.8) is 0 Å². The van der Waals surface area contributed by atoms with Crippen LogP contribution in [0.4, 0.5) is 5.69 Å². The third-order valence-electron chi connectivity index (χ3n) is 5.91. The molecule has 1 saturated heterocycles. The van der Waals surface area contributed by atoms with Crippen LogP contribution in [0.2, 0.25) is 0 Å². The molecule has 4 heterocycles. The van der Waals surface area contributed by atoms with Gasteiger partial charge in [-0.15, -0.1) is 0 Å². The Hall–Kier alpha value is -3.33. The molecule has 8 nitrogen and oxygen atoms in total. The van der Waals surface area contributed by atoms with E-state index < -0.39 is 4.92 Å². The van der Waals surface area contributed by atoms with Crippen molar-refractivity contribution in [3.05, 3.63) is 76.3 Å². The summed E-state index contributed by atoms with van der Waals surface area (Å²) < 4.78 is 11.8. The SMILES string of the molecule is CC[C@@H]1CSC2=N[C@@H](c3ccccn3)[C@H](c3ccc(-c4ccc([N+](=O)[O-])cc4OC)o3)N21. The molecule has 2 aromatic heterocycles. The van der Waals surface area contributed by atoms with E-state index in [9.17, 15) is 10.1 Å². The molecule has 0 amide bonds. The molecule has 0 unspecified atom stereocenters. The molecule has 1 aromatic carbocycles. The maximum Gasteiger partial charge on any atom is 0.273 e. The topological polar surface area (TPSA) is 94.0 Å². The predicted molar refractivity (Wildman–Crippen MR) is 123 cm³/mol. The van der Waals surface area contributed by atoms with Gasteiger partial charge in [0.15, 0.2) is 5.17 Å². The van der Waals surface area contributed by atoms with Crippen molar-refractivity contribution in [2.45, 2.75) is 31.5 Å². The molecule has 0 spiro atoms. The van der Waals surface area contributed by atoms with Crippen molar-refractivity contribution in [2.75, 3.05) is 12.9 Å². The lowest BCUT2D eigenvalue weighted by Gasteiger charge is -2.30. The van der Waals surface area contributed by atoms with E-state index in [-0.39, 0.29) is 17.8 Å². The van der Waals surface area contributed by atoms with E-state index in [4.69, 9.17) is 14.1 Å². The lowest BCUT2D eigenvalue weighted by atomic mass is 10.0. The zero-order valence-corrected chi connectivity index (χ0v) is 18.5. The molecule has 1 fully saturated rings. The fourth-order valence-electron chi connectivity index (χ4n) is 4.31. The fourth-order valence-corrected chi connectivity index (χ4v) is 5.65. The number of methoxy groups -OCH3 is 1. The average Bonchev–Trinajstić information content (AvgIpc) is 3.54. The standard InChI is InChI=1S/C23H22N4O4S/c1-3-14-13-32-23-25-21(17-6-4-5-11-24-17)22(26(14)23)19-10-9-18(31-19)16-8-7-15(27(28)29)12-20(16)30-2/h4-12,14,21-22H,3,13H2,1-2H3/t14-,21+,22+/m1/s1. The molecule has 0 N–H and O–H groups in total. The van der Waals surface area contributed by atoms with Crippen LogP contribution < -0.4 is 4.74 Å². The zero-order valence-electron chi connectivity index (χ0n) is 17.7. The first-order chi connectivity index (χ1) is 15.6. The van der Waals surface area contributed by atoms with Crippen LogP contribution in [0.3, 0.4) is 0 Å². The molecule has 0 radical (unpaired) electrons. The summed E-state index contributed by atoms with van der Waals surface area (Å²) in [4.78, 5) is 22.6. The number of hydrogen-bond donors (Lipinski definition) is 0. The Bertz CT molecular complexity index is 1180. The number of benzene rings is 1. The predicted octanol–water partition coefficient (Wildman–Crippen LogP) is 5.24. The minimum atomic E-state index is -0.440.